The molecule has 2 aromatic heterocycles. The van der Waals surface area contributed by atoms with E-state index in [0.717, 1.165) is 33.5 Å². The number of nitrogens with zero attached hydrogens (tertiary/aromatic N) is 3. The Morgan fingerprint density at radius 2 is 1.88 bits per heavy atom. The van der Waals surface area contributed by atoms with Crippen molar-refractivity contribution in [3.63, 3.8) is 0 Å². The summed E-state index contributed by atoms with van der Waals surface area (Å²) in [6, 6.07) is 13.8. The van der Waals surface area contributed by atoms with E-state index in [0.29, 0.717) is 19.7 Å². The highest BCUT2D eigenvalue weighted by Gasteiger charge is 2.17. The van der Waals surface area contributed by atoms with Crippen LogP contribution in [-0.2, 0) is 33.7 Å². The minimum atomic E-state index is -0.271. The van der Waals surface area contributed by atoms with E-state index in [1.165, 1.54) is 0 Å². The highest BCUT2D eigenvalue weighted by molar-refractivity contribution is 5.79. The molecule has 3 rings (SSSR count). The molecule has 0 radical (unpaired) electrons. The molecular weight excluding hydrogens is 402 g/mol. The molecule has 0 unspecified atom stereocenters. The molecule has 0 fully saturated rings. The number of ether oxygens (including phenoxy) is 1. The Hall–Kier alpha value is -3.54. The Kier molecular flexibility index (Phi) is 8.08. The lowest BCUT2D eigenvalue weighted by atomic mass is 9.97. The Morgan fingerprint density at radius 1 is 1.03 bits per heavy atom. The zero-order chi connectivity index (χ0) is 22.9. The summed E-state index contributed by atoms with van der Waals surface area (Å²) in [4.78, 5) is 35.3. The maximum atomic E-state index is 12.9. The number of likely N-dealkylation sites (N-methyl/N-ethyl adjacent to an activating group) is 1. The van der Waals surface area contributed by atoms with Crippen LogP contribution in [-0.4, -0.2) is 39.9 Å². The lowest BCUT2D eigenvalue weighted by Gasteiger charge is -2.23. The maximum absolute atomic E-state index is 12.9. The van der Waals surface area contributed by atoms with Crippen LogP contribution in [0.4, 0.5) is 0 Å². The first-order valence-corrected chi connectivity index (χ1v) is 10.9. The van der Waals surface area contributed by atoms with Crippen molar-refractivity contribution in [2.75, 3.05) is 13.2 Å². The summed E-state index contributed by atoms with van der Waals surface area (Å²) >= 11 is 0. The lowest BCUT2D eigenvalue weighted by Crippen LogP contribution is -2.32. The minimum Gasteiger partial charge on any atom is -0.466 e. The maximum Gasteiger partial charge on any atom is 0.310 e. The van der Waals surface area contributed by atoms with Gasteiger partial charge in [-0.2, -0.15) is 0 Å². The van der Waals surface area contributed by atoms with Gasteiger partial charge in [0.1, 0.15) is 0 Å². The lowest BCUT2D eigenvalue weighted by molar-refractivity contribution is -0.142. The molecule has 3 aromatic rings. The third-order valence-corrected chi connectivity index (χ3v) is 5.17. The molecule has 1 amide bonds. The normalized spacial score (nSPS) is 10.6. The summed E-state index contributed by atoms with van der Waals surface area (Å²) in [6.45, 7) is 7.25. The van der Waals surface area contributed by atoms with Gasteiger partial charge in [-0.25, -0.2) is 0 Å². The fourth-order valence-electron chi connectivity index (χ4n) is 3.60. The van der Waals surface area contributed by atoms with E-state index < -0.39 is 0 Å². The summed E-state index contributed by atoms with van der Waals surface area (Å²) in [5, 5.41) is 0. The van der Waals surface area contributed by atoms with E-state index in [2.05, 4.69) is 16.0 Å². The van der Waals surface area contributed by atoms with Gasteiger partial charge in [-0.15, -0.1) is 0 Å². The molecule has 0 saturated heterocycles. The van der Waals surface area contributed by atoms with Gasteiger partial charge in [0.15, 0.2) is 0 Å². The Morgan fingerprint density at radius 3 is 2.59 bits per heavy atom. The number of aryl methyl sites for hydroxylation is 1. The molecule has 2 heterocycles. The van der Waals surface area contributed by atoms with Gasteiger partial charge in [0.2, 0.25) is 5.91 Å². The highest BCUT2D eigenvalue weighted by Crippen LogP contribution is 2.26. The van der Waals surface area contributed by atoms with Crippen LogP contribution in [0.2, 0.25) is 0 Å². The molecule has 1 aromatic carbocycles. The molecule has 6 nitrogen and oxygen atoms in total. The van der Waals surface area contributed by atoms with Crippen molar-refractivity contribution in [1.82, 2.24) is 14.9 Å². The van der Waals surface area contributed by atoms with Gasteiger partial charge in [0, 0.05) is 42.9 Å². The molecule has 166 valence electrons. The monoisotopic (exact) mass is 431 g/mol. The fraction of sp³-hybridized carbons (Fsp3) is 0.308. The number of rotatable bonds is 9. The average Bonchev–Trinajstić information content (AvgIpc) is 2.78. The predicted octanol–water partition coefficient (Wildman–Crippen LogP) is 4.15. The first-order valence-electron chi connectivity index (χ1n) is 10.9. The number of benzene rings is 1. The van der Waals surface area contributed by atoms with Gasteiger partial charge >= 0.3 is 5.97 Å². The standard InChI is InChI=1S/C26H29N3O3/c1-4-29(25(30)15-23-8-6-7-11-28-23)18-22-12-19(3)9-10-24(22)21-13-20(16-27-17-21)14-26(31)32-5-2/h6-13,16-17H,4-5,14-15,18H2,1-3H3. The SMILES string of the molecule is CCOC(=O)Cc1cncc(-c2ccc(C)cc2CN(CC)C(=O)Cc2ccccn2)c1. The molecule has 0 bridgehead atoms. The van der Waals surface area contributed by atoms with Crippen LogP contribution < -0.4 is 0 Å². The molecule has 0 atom stereocenters. The van der Waals surface area contributed by atoms with Crippen molar-refractivity contribution in [2.24, 2.45) is 0 Å². The van der Waals surface area contributed by atoms with E-state index in [9.17, 15) is 9.59 Å². The van der Waals surface area contributed by atoms with Crippen molar-refractivity contribution in [1.29, 1.82) is 0 Å². The molecular formula is C26H29N3O3. The Labute approximate surface area is 189 Å². The van der Waals surface area contributed by atoms with Crippen molar-refractivity contribution >= 4 is 11.9 Å². The van der Waals surface area contributed by atoms with Crippen molar-refractivity contribution in [3.05, 3.63) is 83.4 Å². The van der Waals surface area contributed by atoms with Gasteiger partial charge in [-0.05, 0) is 55.7 Å². The van der Waals surface area contributed by atoms with Crippen LogP contribution >= 0.6 is 0 Å². The summed E-state index contributed by atoms with van der Waals surface area (Å²) < 4.78 is 5.06. The second kappa shape index (κ2) is 11.2. The average molecular weight is 432 g/mol. The van der Waals surface area contributed by atoms with Crippen LogP contribution in [0.25, 0.3) is 11.1 Å². The van der Waals surface area contributed by atoms with Gasteiger partial charge in [0.25, 0.3) is 0 Å². The Balaban J connectivity index is 1.84. The fourth-order valence-corrected chi connectivity index (χ4v) is 3.60. The van der Waals surface area contributed by atoms with E-state index in [-0.39, 0.29) is 24.7 Å². The number of carbonyl (C=O) groups excluding carboxylic acids is 2. The van der Waals surface area contributed by atoms with Crippen LogP contribution in [0, 0.1) is 6.92 Å². The number of amides is 1. The summed E-state index contributed by atoms with van der Waals surface area (Å²) in [5.41, 5.74) is 5.62. The van der Waals surface area contributed by atoms with Crippen LogP contribution in [0.15, 0.2) is 61.1 Å². The molecule has 0 saturated carbocycles. The number of aromatic nitrogens is 2. The summed E-state index contributed by atoms with van der Waals surface area (Å²) in [6.07, 6.45) is 5.62. The molecule has 0 aliphatic heterocycles. The first kappa shape index (κ1) is 23.1. The zero-order valence-corrected chi connectivity index (χ0v) is 18.9. The number of pyridine rings is 2. The number of esters is 1. The summed E-state index contributed by atoms with van der Waals surface area (Å²) in [7, 11) is 0. The Bertz CT molecular complexity index is 1070. The zero-order valence-electron chi connectivity index (χ0n) is 18.9. The molecule has 0 aliphatic rings. The molecule has 32 heavy (non-hydrogen) atoms. The van der Waals surface area contributed by atoms with E-state index in [1.807, 2.05) is 55.1 Å². The van der Waals surface area contributed by atoms with Gasteiger partial charge in [-0.1, -0.05) is 29.8 Å². The minimum absolute atomic E-state index is 0.0350. The van der Waals surface area contributed by atoms with Gasteiger partial charge in [-0.3, -0.25) is 19.6 Å². The third-order valence-electron chi connectivity index (χ3n) is 5.17. The summed E-state index contributed by atoms with van der Waals surface area (Å²) in [5.74, 6) is -0.235. The second-order valence-electron chi connectivity index (χ2n) is 7.63. The number of carbonyl (C=O) groups is 2. The van der Waals surface area contributed by atoms with Crippen molar-refractivity contribution in [2.45, 2.75) is 40.2 Å². The molecule has 0 N–H and O–H groups in total. The second-order valence-corrected chi connectivity index (χ2v) is 7.63. The highest BCUT2D eigenvalue weighted by atomic mass is 16.5. The topological polar surface area (TPSA) is 72.4 Å². The molecule has 6 heteroatoms. The van der Waals surface area contributed by atoms with Crippen LogP contribution in [0.5, 0.6) is 0 Å². The van der Waals surface area contributed by atoms with Crippen LogP contribution in [0.3, 0.4) is 0 Å². The van der Waals surface area contributed by atoms with Gasteiger partial charge < -0.3 is 9.64 Å². The van der Waals surface area contributed by atoms with Crippen LogP contribution in [0.1, 0.15) is 36.2 Å². The first-order chi connectivity index (χ1) is 15.5. The van der Waals surface area contributed by atoms with Crippen molar-refractivity contribution < 1.29 is 14.3 Å². The number of hydrogen-bond acceptors (Lipinski definition) is 5. The smallest absolute Gasteiger partial charge is 0.310 e. The quantitative estimate of drug-likeness (QED) is 0.476. The molecule has 0 aliphatic carbocycles. The molecule has 0 spiro atoms. The van der Waals surface area contributed by atoms with Gasteiger partial charge in [0.05, 0.1) is 19.4 Å². The predicted molar refractivity (Wildman–Crippen MR) is 124 cm³/mol. The van der Waals surface area contributed by atoms with E-state index >= 15 is 0 Å². The largest absolute Gasteiger partial charge is 0.466 e. The number of hydrogen-bond donors (Lipinski definition) is 0. The van der Waals surface area contributed by atoms with E-state index in [1.54, 1.807) is 25.5 Å². The van der Waals surface area contributed by atoms with E-state index in [4.69, 9.17) is 4.74 Å². The van der Waals surface area contributed by atoms with Crippen molar-refractivity contribution in [3.8, 4) is 11.1 Å². The third kappa shape index (κ3) is 6.23.